The summed E-state index contributed by atoms with van der Waals surface area (Å²) in [6.45, 7) is 4.12. The van der Waals surface area contributed by atoms with Crippen molar-refractivity contribution in [3.05, 3.63) is 23.5 Å². The van der Waals surface area contributed by atoms with Crippen LogP contribution in [0.3, 0.4) is 0 Å². The van der Waals surface area contributed by atoms with Gasteiger partial charge in [0.25, 0.3) is 0 Å². The Kier molecular flexibility index (Phi) is 3.45. The number of pyridine rings is 1. The quantitative estimate of drug-likeness (QED) is 0.741. The second kappa shape index (κ2) is 4.60. The molecule has 0 saturated carbocycles. The first-order chi connectivity index (χ1) is 6.65. The molecular formula is C10H14N2O2. The molecule has 0 aliphatic carbocycles. The minimum atomic E-state index is -0.357. The highest BCUT2D eigenvalue weighted by Crippen LogP contribution is 2.10. The first-order valence-electron chi connectivity index (χ1n) is 4.54. The number of carbonyl (C=O) groups is 1. The van der Waals surface area contributed by atoms with Crippen molar-refractivity contribution in [3.63, 3.8) is 0 Å². The third kappa shape index (κ3) is 2.45. The summed E-state index contributed by atoms with van der Waals surface area (Å²) in [6.07, 6.45) is 2.33. The molecule has 1 aromatic rings. The van der Waals surface area contributed by atoms with Crippen LogP contribution in [0, 0.1) is 6.92 Å². The Bertz CT molecular complexity index is 337. The fourth-order valence-corrected chi connectivity index (χ4v) is 1.03. The molecule has 14 heavy (non-hydrogen) atoms. The number of aryl methyl sites for hydroxylation is 1. The van der Waals surface area contributed by atoms with E-state index in [9.17, 15) is 4.79 Å². The molecule has 0 saturated heterocycles. The number of nitrogen functional groups attached to an aromatic ring is 1. The van der Waals surface area contributed by atoms with E-state index >= 15 is 0 Å². The molecule has 76 valence electrons. The number of ether oxygens (including phenoxy) is 1. The summed E-state index contributed by atoms with van der Waals surface area (Å²) in [5.41, 5.74) is 7.08. The molecule has 4 heteroatoms. The topological polar surface area (TPSA) is 65.2 Å². The van der Waals surface area contributed by atoms with Gasteiger partial charge in [0, 0.05) is 0 Å². The lowest BCUT2D eigenvalue weighted by atomic mass is 10.2. The Morgan fingerprint density at radius 3 is 3.00 bits per heavy atom. The Morgan fingerprint density at radius 2 is 2.36 bits per heavy atom. The van der Waals surface area contributed by atoms with Crippen LogP contribution in [0.4, 0.5) is 5.69 Å². The third-order valence-electron chi connectivity index (χ3n) is 1.77. The van der Waals surface area contributed by atoms with E-state index in [1.54, 1.807) is 13.0 Å². The summed E-state index contributed by atoms with van der Waals surface area (Å²) >= 11 is 0. The van der Waals surface area contributed by atoms with Gasteiger partial charge in [-0.15, -0.1) is 0 Å². The van der Waals surface area contributed by atoms with Crippen molar-refractivity contribution in [1.82, 2.24) is 4.98 Å². The van der Waals surface area contributed by atoms with Crippen LogP contribution < -0.4 is 5.73 Å². The van der Waals surface area contributed by atoms with Crippen molar-refractivity contribution >= 4 is 11.7 Å². The Hall–Kier alpha value is -1.58. The summed E-state index contributed by atoms with van der Waals surface area (Å²) in [5.74, 6) is -0.357. The number of hydrogen-bond acceptors (Lipinski definition) is 4. The van der Waals surface area contributed by atoms with Gasteiger partial charge >= 0.3 is 5.97 Å². The van der Waals surface area contributed by atoms with Crippen LogP contribution >= 0.6 is 0 Å². The number of nitrogens with two attached hydrogens (primary N) is 1. The van der Waals surface area contributed by atoms with E-state index in [4.69, 9.17) is 10.5 Å². The van der Waals surface area contributed by atoms with Crippen LogP contribution in [0.1, 0.15) is 29.4 Å². The number of esters is 1. The van der Waals surface area contributed by atoms with Gasteiger partial charge in [0.1, 0.15) is 0 Å². The largest absolute Gasteiger partial charge is 0.462 e. The van der Waals surface area contributed by atoms with Crippen molar-refractivity contribution in [1.29, 1.82) is 0 Å². The maximum atomic E-state index is 11.5. The average Bonchev–Trinajstić information content (AvgIpc) is 2.18. The Labute approximate surface area is 83.1 Å². The summed E-state index contributed by atoms with van der Waals surface area (Å²) in [5, 5.41) is 0. The van der Waals surface area contributed by atoms with Crippen molar-refractivity contribution in [2.45, 2.75) is 20.3 Å². The fourth-order valence-electron chi connectivity index (χ4n) is 1.03. The highest BCUT2D eigenvalue weighted by atomic mass is 16.5. The number of anilines is 1. The normalized spacial score (nSPS) is 9.86. The minimum absolute atomic E-state index is 0.357. The van der Waals surface area contributed by atoms with E-state index in [1.165, 1.54) is 6.20 Å². The van der Waals surface area contributed by atoms with Crippen LogP contribution in [0.25, 0.3) is 0 Å². The second-order valence-corrected chi connectivity index (χ2v) is 3.04. The van der Waals surface area contributed by atoms with E-state index < -0.39 is 0 Å². The molecule has 0 aliphatic heterocycles. The molecule has 0 spiro atoms. The molecule has 0 radical (unpaired) electrons. The van der Waals surface area contributed by atoms with Crippen molar-refractivity contribution in [3.8, 4) is 0 Å². The minimum Gasteiger partial charge on any atom is -0.462 e. The molecule has 0 aliphatic rings. The zero-order valence-electron chi connectivity index (χ0n) is 8.41. The monoisotopic (exact) mass is 194 g/mol. The van der Waals surface area contributed by atoms with Crippen LogP contribution in [0.15, 0.2) is 12.3 Å². The highest BCUT2D eigenvalue weighted by molar-refractivity contribution is 5.91. The van der Waals surface area contributed by atoms with E-state index in [-0.39, 0.29) is 5.97 Å². The second-order valence-electron chi connectivity index (χ2n) is 3.04. The van der Waals surface area contributed by atoms with Crippen LogP contribution in [-0.2, 0) is 4.74 Å². The zero-order valence-corrected chi connectivity index (χ0v) is 8.41. The lowest BCUT2D eigenvalue weighted by Gasteiger charge is -2.05. The predicted molar refractivity (Wildman–Crippen MR) is 54.0 cm³/mol. The van der Waals surface area contributed by atoms with Gasteiger partial charge in [-0.25, -0.2) is 4.79 Å². The van der Waals surface area contributed by atoms with Gasteiger partial charge in [-0.3, -0.25) is 4.98 Å². The molecule has 0 atom stereocenters. The fraction of sp³-hybridized carbons (Fsp3) is 0.400. The van der Waals surface area contributed by atoms with Crippen LogP contribution in [0.5, 0.6) is 0 Å². The number of carbonyl (C=O) groups excluding carboxylic acids is 1. The van der Waals surface area contributed by atoms with Gasteiger partial charge in [-0.2, -0.15) is 0 Å². The first-order valence-corrected chi connectivity index (χ1v) is 4.54. The molecule has 0 bridgehead atoms. The standard InChI is InChI=1S/C10H14N2O2/c1-3-4-14-10(13)9-5-8(11)6-12-7(9)2/h5-6H,3-4,11H2,1-2H3. The zero-order chi connectivity index (χ0) is 10.6. The smallest absolute Gasteiger partial charge is 0.340 e. The summed E-state index contributed by atoms with van der Waals surface area (Å²) in [4.78, 5) is 15.4. The lowest BCUT2D eigenvalue weighted by Crippen LogP contribution is -2.09. The molecule has 2 N–H and O–H groups in total. The molecule has 1 rings (SSSR count). The van der Waals surface area contributed by atoms with E-state index in [0.717, 1.165) is 6.42 Å². The van der Waals surface area contributed by atoms with Gasteiger partial charge in [0.2, 0.25) is 0 Å². The van der Waals surface area contributed by atoms with E-state index in [2.05, 4.69) is 4.98 Å². The summed E-state index contributed by atoms with van der Waals surface area (Å²) in [6, 6.07) is 1.58. The number of hydrogen-bond donors (Lipinski definition) is 1. The van der Waals surface area contributed by atoms with Gasteiger partial charge in [-0.05, 0) is 19.4 Å². The Morgan fingerprint density at radius 1 is 1.64 bits per heavy atom. The maximum absolute atomic E-state index is 11.5. The predicted octanol–water partition coefficient (Wildman–Crippen LogP) is 1.54. The number of rotatable bonds is 3. The van der Waals surface area contributed by atoms with Crippen molar-refractivity contribution < 1.29 is 9.53 Å². The van der Waals surface area contributed by atoms with Crippen LogP contribution in [0.2, 0.25) is 0 Å². The van der Waals surface area contributed by atoms with Crippen molar-refractivity contribution in [2.75, 3.05) is 12.3 Å². The molecule has 4 nitrogen and oxygen atoms in total. The molecule has 0 amide bonds. The SMILES string of the molecule is CCCOC(=O)c1cc(N)cnc1C. The van der Waals surface area contributed by atoms with Crippen LogP contribution in [-0.4, -0.2) is 17.6 Å². The summed E-state index contributed by atoms with van der Waals surface area (Å²) < 4.78 is 4.98. The van der Waals surface area contributed by atoms with Gasteiger partial charge < -0.3 is 10.5 Å². The summed E-state index contributed by atoms with van der Waals surface area (Å²) in [7, 11) is 0. The third-order valence-corrected chi connectivity index (χ3v) is 1.77. The average molecular weight is 194 g/mol. The number of aromatic nitrogens is 1. The molecule has 1 aromatic heterocycles. The van der Waals surface area contributed by atoms with Gasteiger partial charge in [-0.1, -0.05) is 6.92 Å². The molecule has 0 unspecified atom stereocenters. The molecular weight excluding hydrogens is 180 g/mol. The van der Waals surface area contributed by atoms with Crippen molar-refractivity contribution in [2.24, 2.45) is 0 Å². The lowest BCUT2D eigenvalue weighted by molar-refractivity contribution is 0.0504. The molecule has 0 aromatic carbocycles. The number of nitrogens with zero attached hydrogens (tertiary/aromatic N) is 1. The maximum Gasteiger partial charge on any atom is 0.340 e. The highest BCUT2D eigenvalue weighted by Gasteiger charge is 2.11. The van der Waals surface area contributed by atoms with Gasteiger partial charge in [0.05, 0.1) is 29.7 Å². The van der Waals surface area contributed by atoms with E-state index in [0.29, 0.717) is 23.6 Å². The molecule has 0 fully saturated rings. The molecule has 1 heterocycles. The first kappa shape index (κ1) is 10.5. The Balaban J connectivity index is 2.83. The van der Waals surface area contributed by atoms with E-state index in [1.807, 2.05) is 6.92 Å². The van der Waals surface area contributed by atoms with Gasteiger partial charge in [0.15, 0.2) is 0 Å².